The molecule has 0 aliphatic heterocycles. The molecule has 0 atom stereocenters. The molecule has 0 amide bonds. The van der Waals surface area contributed by atoms with E-state index in [1.807, 2.05) is 30.3 Å². The van der Waals surface area contributed by atoms with Crippen molar-refractivity contribution in [2.75, 3.05) is 20.2 Å². The molecule has 0 saturated carbocycles. The highest BCUT2D eigenvalue weighted by Crippen LogP contribution is 2.18. The molecule has 0 fully saturated rings. The van der Waals surface area contributed by atoms with Gasteiger partial charge in [0.25, 0.3) is 0 Å². The molecule has 0 radical (unpaired) electrons. The lowest BCUT2D eigenvalue weighted by Gasteiger charge is -2.17. The largest absolute Gasteiger partial charge is 0.492 e. The fourth-order valence-corrected chi connectivity index (χ4v) is 3.19. The van der Waals surface area contributed by atoms with Crippen LogP contribution < -0.4 is 4.74 Å². The smallest absolute Gasteiger partial charge is 0.242 e. The van der Waals surface area contributed by atoms with Gasteiger partial charge in [-0.2, -0.15) is 4.31 Å². The number of sulfonamides is 1. The molecule has 0 N–H and O–H groups in total. The van der Waals surface area contributed by atoms with Crippen molar-refractivity contribution in [3.8, 4) is 5.75 Å². The van der Waals surface area contributed by atoms with E-state index in [0.29, 0.717) is 10.8 Å². The summed E-state index contributed by atoms with van der Waals surface area (Å²) in [5.74, 6) is 0.714. The second kappa shape index (κ2) is 6.93. The first-order chi connectivity index (χ1) is 10.00. The summed E-state index contributed by atoms with van der Waals surface area (Å²) >= 11 is 5.83. The molecule has 6 heteroatoms. The minimum absolute atomic E-state index is 0.178. The highest BCUT2D eigenvalue weighted by atomic mass is 35.5. The second-order valence-corrected chi connectivity index (χ2v) is 6.93. The van der Waals surface area contributed by atoms with E-state index in [1.165, 1.54) is 23.5 Å². The fraction of sp³-hybridized carbons (Fsp3) is 0.200. The van der Waals surface area contributed by atoms with Gasteiger partial charge in [-0.05, 0) is 30.3 Å². The topological polar surface area (TPSA) is 46.6 Å². The molecule has 2 aromatic rings. The maximum atomic E-state index is 12.3. The SMILES string of the molecule is CN(CCOc1ccccc1)S(=O)(=O)c1cccc(Cl)c1. The molecule has 0 aliphatic carbocycles. The summed E-state index contributed by atoms with van der Waals surface area (Å²) in [7, 11) is -2.03. The van der Waals surface area contributed by atoms with Crippen LogP contribution in [0, 0.1) is 0 Å². The molecule has 4 nitrogen and oxygen atoms in total. The number of benzene rings is 2. The third-order valence-corrected chi connectivity index (χ3v) is 5.01. The van der Waals surface area contributed by atoms with Crippen molar-refractivity contribution in [3.63, 3.8) is 0 Å². The average Bonchev–Trinajstić information content (AvgIpc) is 2.48. The molecule has 0 bridgehead atoms. The van der Waals surface area contributed by atoms with Crippen molar-refractivity contribution < 1.29 is 13.2 Å². The summed E-state index contributed by atoms with van der Waals surface area (Å²) in [4.78, 5) is 0.178. The highest BCUT2D eigenvalue weighted by Gasteiger charge is 2.20. The monoisotopic (exact) mass is 325 g/mol. The van der Waals surface area contributed by atoms with Crippen LogP contribution >= 0.6 is 11.6 Å². The molecule has 21 heavy (non-hydrogen) atoms. The third-order valence-electron chi connectivity index (χ3n) is 2.92. The Hall–Kier alpha value is -1.56. The Morgan fingerprint density at radius 2 is 1.81 bits per heavy atom. The summed E-state index contributed by atoms with van der Waals surface area (Å²) in [5, 5.41) is 0.394. The Morgan fingerprint density at radius 3 is 2.48 bits per heavy atom. The van der Waals surface area contributed by atoms with Crippen LogP contribution in [0.15, 0.2) is 59.5 Å². The van der Waals surface area contributed by atoms with Crippen LogP contribution in [0.25, 0.3) is 0 Å². The zero-order valence-electron chi connectivity index (χ0n) is 11.6. The minimum atomic E-state index is -3.55. The molecule has 0 spiro atoms. The van der Waals surface area contributed by atoms with Crippen molar-refractivity contribution in [3.05, 3.63) is 59.6 Å². The van der Waals surface area contributed by atoms with Crippen molar-refractivity contribution >= 4 is 21.6 Å². The summed E-state index contributed by atoms with van der Waals surface area (Å²) in [5.41, 5.74) is 0. The van der Waals surface area contributed by atoms with Gasteiger partial charge in [-0.25, -0.2) is 8.42 Å². The molecule has 2 rings (SSSR count). The van der Waals surface area contributed by atoms with Crippen molar-refractivity contribution in [2.45, 2.75) is 4.90 Å². The summed E-state index contributed by atoms with van der Waals surface area (Å²) in [6.45, 7) is 0.532. The van der Waals surface area contributed by atoms with Crippen LogP contribution in [-0.4, -0.2) is 32.9 Å². The minimum Gasteiger partial charge on any atom is -0.492 e. The zero-order chi connectivity index (χ0) is 15.3. The van der Waals surface area contributed by atoms with Gasteiger partial charge in [0.05, 0.1) is 4.90 Å². The average molecular weight is 326 g/mol. The highest BCUT2D eigenvalue weighted by molar-refractivity contribution is 7.89. The third kappa shape index (κ3) is 4.20. The van der Waals surface area contributed by atoms with E-state index in [4.69, 9.17) is 16.3 Å². The van der Waals surface area contributed by atoms with Gasteiger partial charge >= 0.3 is 0 Å². The predicted molar refractivity (Wildman–Crippen MR) is 83.2 cm³/mol. The van der Waals surface area contributed by atoms with Gasteiger partial charge in [0.2, 0.25) is 10.0 Å². The summed E-state index contributed by atoms with van der Waals surface area (Å²) < 4.78 is 31.4. The zero-order valence-corrected chi connectivity index (χ0v) is 13.1. The van der Waals surface area contributed by atoms with E-state index < -0.39 is 10.0 Å². The van der Waals surface area contributed by atoms with E-state index in [-0.39, 0.29) is 18.0 Å². The van der Waals surface area contributed by atoms with Gasteiger partial charge in [0.1, 0.15) is 12.4 Å². The lowest BCUT2D eigenvalue weighted by atomic mass is 10.3. The second-order valence-electron chi connectivity index (χ2n) is 4.45. The van der Waals surface area contributed by atoms with Crippen LogP contribution in [0.5, 0.6) is 5.75 Å². The first-order valence-corrected chi connectivity index (χ1v) is 8.22. The molecular weight excluding hydrogens is 310 g/mol. The number of hydrogen-bond acceptors (Lipinski definition) is 3. The normalized spacial score (nSPS) is 11.6. The Bertz CT molecular complexity index is 689. The van der Waals surface area contributed by atoms with E-state index in [9.17, 15) is 8.42 Å². The van der Waals surface area contributed by atoms with Gasteiger partial charge in [0, 0.05) is 18.6 Å². The maximum absolute atomic E-state index is 12.3. The number of likely N-dealkylation sites (N-methyl/N-ethyl adjacent to an activating group) is 1. The van der Waals surface area contributed by atoms with E-state index in [2.05, 4.69) is 0 Å². The van der Waals surface area contributed by atoms with E-state index >= 15 is 0 Å². The van der Waals surface area contributed by atoms with Crippen molar-refractivity contribution in [1.82, 2.24) is 4.31 Å². The van der Waals surface area contributed by atoms with Gasteiger partial charge in [-0.1, -0.05) is 35.9 Å². The van der Waals surface area contributed by atoms with Gasteiger partial charge in [-0.15, -0.1) is 0 Å². The van der Waals surface area contributed by atoms with Crippen molar-refractivity contribution in [1.29, 1.82) is 0 Å². The molecule has 0 aromatic heterocycles. The molecule has 112 valence electrons. The fourth-order valence-electron chi connectivity index (χ4n) is 1.74. The molecule has 0 saturated heterocycles. The molecule has 0 aliphatic rings. The summed E-state index contributed by atoms with van der Waals surface area (Å²) in [6.07, 6.45) is 0. The Labute approximate surface area is 130 Å². The predicted octanol–water partition coefficient (Wildman–Crippen LogP) is 3.04. The Kier molecular flexibility index (Phi) is 5.22. The number of nitrogens with zero attached hydrogens (tertiary/aromatic N) is 1. The molecule has 0 unspecified atom stereocenters. The summed E-state index contributed by atoms with van der Waals surface area (Å²) in [6, 6.07) is 15.5. The maximum Gasteiger partial charge on any atom is 0.242 e. The van der Waals surface area contributed by atoms with Crippen LogP contribution in [-0.2, 0) is 10.0 Å². The van der Waals surface area contributed by atoms with Crippen LogP contribution in [0.1, 0.15) is 0 Å². The van der Waals surface area contributed by atoms with Gasteiger partial charge < -0.3 is 4.74 Å². The lowest BCUT2D eigenvalue weighted by Crippen LogP contribution is -2.31. The number of hydrogen-bond donors (Lipinski definition) is 0. The first-order valence-electron chi connectivity index (χ1n) is 6.40. The molecule has 2 aromatic carbocycles. The quantitative estimate of drug-likeness (QED) is 0.820. The van der Waals surface area contributed by atoms with E-state index in [0.717, 1.165) is 0 Å². The number of rotatable bonds is 6. The van der Waals surface area contributed by atoms with Gasteiger partial charge in [0.15, 0.2) is 0 Å². The first kappa shape index (κ1) is 15.8. The molecular formula is C15H16ClNO3S. The lowest BCUT2D eigenvalue weighted by molar-refractivity contribution is 0.287. The van der Waals surface area contributed by atoms with Crippen molar-refractivity contribution in [2.24, 2.45) is 0 Å². The van der Waals surface area contributed by atoms with Crippen LogP contribution in [0.2, 0.25) is 5.02 Å². The standard InChI is InChI=1S/C15H16ClNO3S/c1-17(10-11-20-14-7-3-2-4-8-14)21(18,19)15-9-5-6-13(16)12-15/h2-9,12H,10-11H2,1H3. The van der Waals surface area contributed by atoms with E-state index in [1.54, 1.807) is 12.1 Å². The Morgan fingerprint density at radius 1 is 1.10 bits per heavy atom. The Balaban J connectivity index is 1.97. The number of halogens is 1. The number of para-hydroxylation sites is 1. The van der Waals surface area contributed by atoms with Gasteiger partial charge in [-0.3, -0.25) is 0 Å². The number of ether oxygens (including phenoxy) is 1. The van der Waals surface area contributed by atoms with Crippen LogP contribution in [0.4, 0.5) is 0 Å². The van der Waals surface area contributed by atoms with Crippen LogP contribution in [0.3, 0.4) is 0 Å². The molecule has 0 heterocycles.